The Morgan fingerprint density at radius 2 is 1.83 bits per heavy atom. The number of anilines is 1. The fourth-order valence-corrected chi connectivity index (χ4v) is 4.42. The van der Waals surface area contributed by atoms with E-state index in [9.17, 15) is 5.26 Å². The second-order valence-corrected chi connectivity index (χ2v) is 7.63. The number of morpholine rings is 1. The predicted octanol–water partition coefficient (Wildman–Crippen LogP) is 3.59. The van der Waals surface area contributed by atoms with Gasteiger partial charge in [-0.05, 0) is 36.2 Å². The van der Waals surface area contributed by atoms with Crippen LogP contribution in [0.4, 0.5) is 5.69 Å². The van der Waals surface area contributed by atoms with Crippen LogP contribution in [0.5, 0.6) is 11.5 Å². The van der Waals surface area contributed by atoms with Gasteiger partial charge < -0.3 is 19.1 Å². The molecule has 0 aromatic heterocycles. The molecule has 2 unspecified atom stereocenters. The Morgan fingerprint density at radius 3 is 2.50 bits per heavy atom. The van der Waals surface area contributed by atoms with Gasteiger partial charge in [-0.2, -0.15) is 5.26 Å². The average molecular weight is 408 g/mol. The lowest BCUT2D eigenvalue weighted by Gasteiger charge is -2.28. The van der Waals surface area contributed by atoms with Crippen LogP contribution in [0.15, 0.2) is 42.5 Å². The van der Waals surface area contributed by atoms with Gasteiger partial charge >= 0.3 is 0 Å². The number of methoxy groups -OCH3 is 1. The smallest absolute Gasteiger partial charge is 0.120 e. The van der Waals surface area contributed by atoms with E-state index in [0.29, 0.717) is 6.61 Å². The molecule has 0 N–H and O–H groups in total. The Morgan fingerprint density at radius 1 is 1.10 bits per heavy atom. The monoisotopic (exact) mass is 407 g/mol. The minimum absolute atomic E-state index is 0.00972. The van der Waals surface area contributed by atoms with E-state index < -0.39 is 0 Å². The van der Waals surface area contributed by atoms with Crippen molar-refractivity contribution in [3.05, 3.63) is 53.6 Å². The van der Waals surface area contributed by atoms with Gasteiger partial charge in [0.2, 0.25) is 0 Å². The third kappa shape index (κ3) is 4.09. The van der Waals surface area contributed by atoms with Crippen molar-refractivity contribution in [1.82, 2.24) is 4.90 Å². The summed E-state index contributed by atoms with van der Waals surface area (Å²) in [7, 11) is 1.67. The molecule has 0 aliphatic carbocycles. The summed E-state index contributed by atoms with van der Waals surface area (Å²) in [5.74, 6) is 1.47. The molecule has 2 aromatic rings. The molecule has 2 aliphatic heterocycles. The second-order valence-electron chi connectivity index (χ2n) is 7.63. The van der Waals surface area contributed by atoms with Crippen LogP contribution in [-0.4, -0.2) is 58.0 Å². The number of ether oxygens (including phenoxy) is 3. The summed E-state index contributed by atoms with van der Waals surface area (Å²) in [5, 5.41) is 9.93. The first-order valence-electron chi connectivity index (χ1n) is 10.6. The van der Waals surface area contributed by atoms with Gasteiger partial charge in [-0.25, -0.2) is 0 Å². The van der Waals surface area contributed by atoms with E-state index in [0.717, 1.165) is 67.7 Å². The third-order valence-electron chi connectivity index (χ3n) is 6.01. The van der Waals surface area contributed by atoms with E-state index in [1.807, 2.05) is 30.3 Å². The molecule has 158 valence electrons. The maximum absolute atomic E-state index is 9.93. The molecule has 1 saturated heterocycles. The van der Waals surface area contributed by atoms with Gasteiger partial charge in [0.15, 0.2) is 0 Å². The molecule has 0 bridgehead atoms. The lowest BCUT2D eigenvalue weighted by molar-refractivity contribution is 0.0322. The maximum atomic E-state index is 9.93. The number of fused-ring (bicyclic) bond motifs is 1. The molecular weight excluding hydrogens is 378 g/mol. The van der Waals surface area contributed by atoms with Crippen molar-refractivity contribution in [2.24, 2.45) is 0 Å². The van der Waals surface area contributed by atoms with E-state index in [1.165, 1.54) is 0 Å². The zero-order valence-corrected chi connectivity index (χ0v) is 17.7. The van der Waals surface area contributed by atoms with Crippen LogP contribution >= 0.6 is 0 Å². The van der Waals surface area contributed by atoms with Crippen molar-refractivity contribution in [1.29, 1.82) is 5.26 Å². The summed E-state index contributed by atoms with van der Waals surface area (Å²) in [4.78, 5) is 4.65. The van der Waals surface area contributed by atoms with Crippen LogP contribution in [0, 0.1) is 11.3 Å². The molecule has 1 fully saturated rings. The summed E-state index contributed by atoms with van der Waals surface area (Å²) >= 11 is 0. The molecule has 2 aromatic carbocycles. The summed E-state index contributed by atoms with van der Waals surface area (Å²) < 4.78 is 16.7. The van der Waals surface area contributed by atoms with Crippen LogP contribution in [0.1, 0.15) is 30.0 Å². The minimum Gasteiger partial charge on any atom is -0.497 e. The van der Waals surface area contributed by atoms with Crippen LogP contribution in [0.2, 0.25) is 0 Å². The molecule has 6 nitrogen and oxygen atoms in total. The van der Waals surface area contributed by atoms with Crippen molar-refractivity contribution < 1.29 is 14.2 Å². The number of hydrogen-bond donors (Lipinski definition) is 0. The molecule has 0 amide bonds. The van der Waals surface area contributed by atoms with E-state index in [2.05, 4.69) is 34.9 Å². The SMILES string of the molecule is CCN1c2cc(OC)ccc2C(C#N)C1c1ccc(OCCN2CCOCC2)cc1. The Balaban J connectivity index is 1.46. The molecule has 0 saturated carbocycles. The van der Waals surface area contributed by atoms with Crippen molar-refractivity contribution in [2.75, 3.05) is 58.0 Å². The molecular formula is C24H29N3O3. The van der Waals surface area contributed by atoms with E-state index in [4.69, 9.17) is 14.2 Å². The number of rotatable bonds is 7. The number of hydrogen-bond acceptors (Lipinski definition) is 6. The molecule has 0 radical (unpaired) electrons. The van der Waals surface area contributed by atoms with Crippen molar-refractivity contribution in [3.8, 4) is 17.6 Å². The van der Waals surface area contributed by atoms with Crippen molar-refractivity contribution in [3.63, 3.8) is 0 Å². The fraction of sp³-hybridized carbons (Fsp3) is 0.458. The topological polar surface area (TPSA) is 58.0 Å². The van der Waals surface area contributed by atoms with Gasteiger partial charge in [0.1, 0.15) is 18.1 Å². The van der Waals surface area contributed by atoms with E-state index >= 15 is 0 Å². The number of benzene rings is 2. The van der Waals surface area contributed by atoms with Gasteiger partial charge in [-0.3, -0.25) is 4.90 Å². The highest BCUT2D eigenvalue weighted by atomic mass is 16.5. The quantitative estimate of drug-likeness (QED) is 0.699. The highest BCUT2D eigenvalue weighted by molar-refractivity contribution is 5.67. The Hall–Kier alpha value is -2.75. The zero-order chi connectivity index (χ0) is 20.9. The first kappa shape index (κ1) is 20.5. The van der Waals surface area contributed by atoms with E-state index in [1.54, 1.807) is 7.11 Å². The third-order valence-corrected chi connectivity index (χ3v) is 6.01. The van der Waals surface area contributed by atoms with Gasteiger partial charge in [0.25, 0.3) is 0 Å². The highest BCUT2D eigenvalue weighted by Crippen LogP contribution is 2.49. The second kappa shape index (κ2) is 9.38. The lowest BCUT2D eigenvalue weighted by Crippen LogP contribution is -2.38. The molecule has 2 aliphatic rings. The predicted molar refractivity (Wildman–Crippen MR) is 116 cm³/mol. The largest absolute Gasteiger partial charge is 0.497 e. The van der Waals surface area contributed by atoms with Crippen molar-refractivity contribution in [2.45, 2.75) is 18.9 Å². The first-order valence-corrected chi connectivity index (χ1v) is 10.6. The molecule has 4 rings (SSSR count). The molecule has 2 atom stereocenters. The zero-order valence-electron chi connectivity index (χ0n) is 17.7. The Kier molecular flexibility index (Phi) is 6.41. The normalized spacial score (nSPS) is 21.2. The molecule has 6 heteroatoms. The fourth-order valence-electron chi connectivity index (χ4n) is 4.42. The van der Waals surface area contributed by atoms with Crippen LogP contribution in [0.25, 0.3) is 0 Å². The molecule has 30 heavy (non-hydrogen) atoms. The number of nitriles is 1. The van der Waals surface area contributed by atoms with Gasteiger partial charge in [-0.15, -0.1) is 0 Å². The minimum atomic E-state index is -0.209. The summed E-state index contributed by atoms with van der Waals surface area (Å²) in [6.45, 7) is 8.06. The summed E-state index contributed by atoms with van der Waals surface area (Å²) in [5.41, 5.74) is 3.27. The molecule has 2 heterocycles. The van der Waals surface area contributed by atoms with Gasteiger partial charge in [0.05, 0.1) is 38.4 Å². The maximum Gasteiger partial charge on any atom is 0.120 e. The van der Waals surface area contributed by atoms with Crippen LogP contribution < -0.4 is 14.4 Å². The highest BCUT2D eigenvalue weighted by Gasteiger charge is 2.39. The molecule has 0 spiro atoms. The summed E-state index contributed by atoms with van der Waals surface area (Å²) in [6.07, 6.45) is 0. The Bertz CT molecular complexity index is 888. The van der Waals surface area contributed by atoms with Crippen LogP contribution in [-0.2, 0) is 4.74 Å². The average Bonchev–Trinajstić information content (AvgIpc) is 3.12. The van der Waals surface area contributed by atoms with Crippen LogP contribution in [0.3, 0.4) is 0 Å². The first-order chi connectivity index (χ1) is 14.7. The van der Waals surface area contributed by atoms with Gasteiger partial charge in [0, 0.05) is 37.9 Å². The summed E-state index contributed by atoms with van der Waals surface area (Å²) in [6, 6.07) is 16.7. The Labute approximate surface area is 178 Å². The van der Waals surface area contributed by atoms with Gasteiger partial charge in [-0.1, -0.05) is 18.2 Å². The lowest BCUT2D eigenvalue weighted by atomic mass is 9.91. The number of nitrogens with zero attached hydrogens (tertiary/aromatic N) is 3. The van der Waals surface area contributed by atoms with Crippen molar-refractivity contribution >= 4 is 5.69 Å². The standard InChI is InChI=1S/C24H29N3O3/c1-3-27-23-16-20(28-2)8-9-21(23)22(17-25)24(27)18-4-6-19(7-5-18)30-15-12-26-10-13-29-14-11-26/h4-9,16,22,24H,3,10-15H2,1-2H3. The van der Waals surface area contributed by atoms with E-state index in [-0.39, 0.29) is 12.0 Å². The number of likely N-dealkylation sites (N-methyl/N-ethyl adjacent to an activating group) is 1.